The zero-order valence-electron chi connectivity index (χ0n) is 17.5. The minimum absolute atomic E-state index is 0.0141. The number of ether oxygens (including phenoxy) is 1. The van der Waals surface area contributed by atoms with Gasteiger partial charge in [0.05, 0.1) is 22.9 Å². The van der Waals surface area contributed by atoms with Crippen LogP contribution in [-0.2, 0) is 4.79 Å². The number of aliphatic hydroxyl groups is 1. The molecule has 30 heavy (non-hydrogen) atoms. The van der Waals surface area contributed by atoms with Gasteiger partial charge in [-0.25, -0.2) is 4.98 Å². The first-order valence-corrected chi connectivity index (χ1v) is 11.3. The van der Waals surface area contributed by atoms with Crippen LogP contribution in [0.4, 0.5) is 18.9 Å². The summed E-state index contributed by atoms with van der Waals surface area (Å²) in [6.45, 7) is 5.67. The molecule has 5 nitrogen and oxygen atoms in total. The number of aromatic nitrogens is 1. The molecule has 168 valence electrons. The Kier molecular flexibility index (Phi) is 6.63. The van der Waals surface area contributed by atoms with Crippen LogP contribution in [0.25, 0.3) is 0 Å². The fourth-order valence-corrected chi connectivity index (χ4v) is 4.97. The maximum Gasteiger partial charge on any atom is 0.425 e. The summed E-state index contributed by atoms with van der Waals surface area (Å²) in [4.78, 5) is 18.8. The summed E-state index contributed by atoms with van der Waals surface area (Å²) in [7, 11) is 0. The van der Waals surface area contributed by atoms with Crippen LogP contribution in [0, 0.1) is 5.41 Å². The summed E-state index contributed by atoms with van der Waals surface area (Å²) in [5, 5.41) is 11.3. The molecule has 1 aromatic heterocycles. The van der Waals surface area contributed by atoms with Crippen molar-refractivity contribution < 1.29 is 27.8 Å². The van der Waals surface area contributed by atoms with Crippen molar-refractivity contribution in [2.45, 2.75) is 76.0 Å². The summed E-state index contributed by atoms with van der Waals surface area (Å²) in [6, 6.07) is 2.93. The van der Waals surface area contributed by atoms with Crippen LogP contribution in [0.1, 0.15) is 52.9 Å². The molecule has 1 spiro atoms. The molecule has 2 aliphatic rings. The molecule has 1 atom stereocenters. The smallest absolute Gasteiger partial charge is 0.425 e. The number of pyridine rings is 1. The van der Waals surface area contributed by atoms with Gasteiger partial charge in [-0.3, -0.25) is 4.79 Å². The van der Waals surface area contributed by atoms with Crippen LogP contribution in [0.15, 0.2) is 18.3 Å². The number of amides is 1. The minimum atomic E-state index is -4.46. The van der Waals surface area contributed by atoms with E-state index in [0.29, 0.717) is 55.3 Å². The van der Waals surface area contributed by atoms with Crippen molar-refractivity contribution in [3.8, 4) is 5.88 Å². The Morgan fingerprint density at radius 3 is 2.40 bits per heavy atom. The molecule has 1 saturated heterocycles. The number of hydrogen-bond acceptors (Lipinski definition) is 5. The molecule has 2 fully saturated rings. The first-order chi connectivity index (χ1) is 13.9. The van der Waals surface area contributed by atoms with E-state index in [1.54, 1.807) is 22.7 Å². The van der Waals surface area contributed by atoms with E-state index in [0.717, 1.165) is 6.92 Å². The number of carbonyl (C=O) groups excluding carboxylic acids is 1. The number of rotatable bonds is 6. The second kappa shape index (κ2) is 8.57. The average Bonchev–Trinajstić information content (AvgIpc) is 2.99. The maximum atomic E-state index is 13.2. The molecule has 0 unspecified atom stereocenters. The van der Waals surface area contributed by atoms with Crippen LogP contribution >= 0.6 is 11.8 Å². The zero-order chi connectivity index (χ0) is 22.2. The van der Waals surface area contributed by atoms with Gasteiger partial charge in [-0.15, -0.1) is 0 Å². The molecule has 1 aromatic rings. The fourth-order valence-electron chi connectivity index (χ4n) is 4.04. The third kappa shape index (κ3) is 5.04. The molecule has 0 radical (unpaired) electrons. The first kappa shape index (κ1) is 23.2. The largest absolute Gasteiger partial charge is 0.465 e. The minimum Gasteiger partial charge on any atom is -0.465 e. The van der Waals surface area contributed by atoms with Crippen LogP contribution in [-0.4, -0.2) is 51.4 Å². The first-order valence-electron chi connectivity index (χ1n) is 10.3. The highest BCUT2D eigenvalue weighted by molar-refractivity contribution is 7.99. The van der Waals surface area contributed by atoms with E-state index in [2.05, 4.69) is 18.8 Å². The monoisotopic (exact) mass is 446 g/mol. The molecular weight excluding hydrogens is 417 g/mol. The Morgan fingerprint density at radius 1 is 1.20 bits per heavy atom. The molecule has 2 heterocycles. The van der Waals surface area contributed by atoms with Gasteiger partial charge in [-0.05, 0) is 50.3 Å². The van der Waals surface area contributed by atoms with Crippen LogP contribution < -0.4 is 9.64 Å². The van der Waals surface area contributed by atoms with Crippen molar-refractivity contribution in [1.29, 1.82) is 0 Å². The molecule has 1 amide bonds. The van der Waals surface area contributed by atoms with E-state index in [1.165, 1.54) is 12.3 Å². The lowest BCUT2D eigenvalue weighted by molar-refractivity contribution is -0.189. The number of hydrogen-bond donors (Lipinski definition) is 1. The molecule has 1 aliphatic carbocycles. The number of anilines is 1. The van der Waals surface area contributed by atoms with Gasteiger partial charge in [-0.1, -0.05) is 13.8 Å². The molecule has 0 aromatic carbocycles. The Labute approximate surface area is 179 Å². The number of thioether (sulfide) groups is 1. The number of alkyl halides is 3. The van der Waals surface area contributed by atoms with Crippen LogP contribution in [0.2, 0.25) is 0 Å². The van der Waals surface area contributed by atoms with E-state index in [4.69, 9.17) is 4.74 Å². The van der Waals surface area contributed by atoms with Crippen molar-refractivity contribution in [3.05, 3.63) is 18.3 Å². The van der Waals surface area contributed by atoms with Gasteiger partial charge < -0.3 is 14.7 Å². The van der Waals surface area contributed by atoms with Crippen molar-refractivity contribution in [3.63, 3.8) is 0 Å². The van der Waals surface area contributed by atoms with Gasteiger partial charge in [0.2, 0.25) is 11.8 Å². The predicted octanol–water partition coefficient (Wildman–Crippen LogP) is 4.58. The van der Waals surface area contributed by atoms with Crippen LogP contribution in [0.3, 0.4) is 0 Å². The van der Waals surface area contributed by atoms with E-state index in [9.17, 15) is 23.1 Å². The molecule has 1 saturated carbocycles. The van der Waals surface area contributed by atoms with Gasteiger partial charge in [0.25, 0.3) is 0 Å². The molecule has 9 heteroatoms. The number of halogens is 3. The predicted molar refractivity (Wildman–Crippen MR) is 111 cm³/mol. The van der Waals surface area contributed by atoms with Crippen molar-refractivity contribution in [2.24, 2.45) is 5.41 Å². The molecule has 1 aliphatic heterocycles. The highest BCUT2D eigenvalue weighted by Gasteiger charge is 2.51. The summed E-state index contributed by atoms with van der Waals surface area (Å²) in [5.74, 6) is 0.566. The maximum absolute atomic E-state index is 13.2. The Balaban J connectivity index is 1.62. The number of nitrogens with zero attached hydrogens (tertiary/aromatic N) is 2. The summed E-state index contributed by atoms with van der Waals surface area (Å²) >= 11 is 1.74. The topological polar surface area (TPSA) is 62.7 Å². The lowest BCUT2D eigenvalue weighted by Crippen LogP contribution is -2.44. The fraction of sp³-hybridized carbons (Fsp3) is 0.714. The normalized spacial score (nSPS) is 28.4. The Morgan fingerprint density at radius 2 is 1.87 bits per heavy atom. The van der Waals surface area contributed by atoms with E-state index in [1.807, 2.05) is 0 Å². The van der Waals surface area contributed by atoms with Crippen molar-refractivity contribution >= 4 is 23.4 Å². The SMILES string of the molecule is CC(C)SCC1(O)CCC2(CCN(c3ccc(O[C@@H](C)C(F)(F)F)nc3)C2=O)CC1. The third-order valence-electron chi connectivity index (χ3n) is 6.13. The zero-order valence-corrected chi connectivity index (χ0v) is 18.4. The third-order valence-corrected chi connectivity index (χ3v) is 7.50. The van der Waals surface area contributed by atoms with E-state index < -0.39 is 23.3 Å². The van der Waals surface area contributed by atoms with Gasteiger partial charge in [0.15, 0.2) is 6.10 Å². The van der Waals surface area contributed by atoms with Gasteiger partial charge in [0, 0.05) is 18.4 Å². The van der Waals surface area contributed by atoms with Crippen LogP contribution in [0.5, 0.6) is 5.88 Å². The second-order valence-corrected chi connectivity index (χ2v) is 10.3. The molecule has 0 bridgehead atoms. The second-order valence-electron chi connectivity index (χ2n) is 8.73. The Hall–Kier alpha value is -1.48. The van der Waals surface area contributed by atoms with Crippen molar-refractivity contribution in [1.82, 2.24) is 4.98 Å². The standard InChI is InChI=1S/C21H29F3N2O3S/c1-14(2)30-13-20(28)8-6-19(7-9-20)10-11-26(18(19)27)16-4-5-17(25-12-16)29-15(3)21(22,23)24/h4-5,12,14-15,28H,6-11,13H2,1-3H3/t15-,19?,20?/m0/s1. The molecular formula is C21H29F3N2O3S. The van der Waals surface area contributed by atoms with E-state index >= 15 is 0 Å². The average molecular weight is 447 g/mol. The molecule has 3 rings (SSSR count). The lowest BCUT2D eigenvalue weighted by Gasteiger charge is -2.41. The van der Waals surface area contributed by atoms with E-state index in [-0.39, 0.29) is 11.8 Å². The Bertz CT molecular complexity index is 747. The lowest BCUT2D eigenvalue weighted by atomic mass is 9.68. The highest BCUT2D eigenvalue weighted by Crippen LogP contribution is 2.49. The van der Waals surface area contributed by atoms with Gasteiger partial charge >= 0.3 is 6.18 Å². The van der Waals surface area contributed by atoms with Crippen molar-refractivity contribution in [2.75, 3.05) is 17.2 Å². The van der Waals surface area contributed by atoms with Gasteiger partial charge in [-0.2, -0.15) is 24.9 Å². The summed E-state index contributed by atoms with van der Waals surface area (Å²) < 4.78 is 42.7. The highest BCUT2D eigenvalue weighted by atomic mass is 32.2. The molecule has 1 N–H and O–H groups in total. The number of carbonyl (C=O) groups is 1. The quantitative estimate of drug-likeness (QED) is 0.693. The summed E-state index contributed by atoms with van der Waals surface area (Å²) in [5.41, 5.74) is -0.627. The van der Waals surface area contributed by atoms with Gasteiger partial charge in [0.1, 0.15) is 0 Å². The summed E-state index contributed by atoms with van der Waals surface area (Å²) in [6.07, 6.45) is -1.82.